The summed E-state index contributed by atoms with van der Waals surface area (Å²) in [5.74, 6) is 0.368. The molecule has 0 radical (unpaired) electrons. The molecule has 0 N–H and O–H groups in total. The van der Waals surface area contributed by atoms with Crippen LogP contribution in [0.1, 0.15) is 15.9 Å². The number of nitrogens with zero attached hydrogens (tertiary/aromatic N) is 2. The molecule has 4 rings (SSSR count). The Labute approximate surface area is 162 Å². The van der Waals surface area contributed by atoms with E-state index in [1.807, 2.05) is 18.2 Å². The smallest absolute Gasteiger partial charge is 0.349 e. The molecule has 0 atom stereocenters. The van der Waals surface area contributed by atoms with Crippen molar-refractivity contribution in [2.75, 3.05) is 33.3 Å². The van der Waals surface area contributed by atoms with Gasteiger partial charge in [0.25, 0.3) is 5.91 Å². The van der Waals surface area contributed by atoms with E-state index in [0.29, 0.717) is 29.8 Å². The van der Waals surface area contributed by atoms with E-state index in [9.17, 15) is 9.59 Å². The summed E-state index contributed by atoms with van der Waals surface area (Å²) in [5.41, 5.74) is 1.16. The molecule has 28 heavy (non-hydrogen) atoms. The second-order valence-corrected chi connectivity index (χ2v) is 6.91. The molecular formula is C22H22N2O4. The Balaban J connectivity index is 1.47. The molecule has 3 aromatic rings. The third-order valence-corrected chi connectivity index (χ3v) is 5.08. The van der Waals surface area contributed by atoms with Gasteiger partial charge in [0.1, 0.15) is 16.9 Å². The van der Waals surface area contributed by atoms with Crippen LogP contribution in [0.3, 0.4) is 0 Å². The fourth-order valence-corrected chi connectivity index (χ4v) is 3.50. The number of piperazine rings is 1. The molecule has 1 amide bonds. The second kappa shape index (κ2) is 7.86. The van der Waals surface area contributed by atoms with Crippen LogP contribution in [0.4, 0.5) is 0 Å². The Bertz CT molecular complexity index is 1040. The molecule has 1 aliphatic heterocycles. The Kier molecular flexibility index (Phi) is 5.12. The summed E-state index contributed by atoms with van der Waals surface area (Å²) in [6.45, 7) is 3.57. The van der Waals surface area contributed by atoms with E-state index >= 15 is 0 Å². The van der Waals surface area contributed by atoms with Crippen molar-refractivity contribution in [1.82, 2.24) is 9.80 Å². The number of benzene rings is 2. The van der Waals surface area contributed by atoms with Gasteiger partial charge in [0, 0.05) is 38.1 Å². The molecule has 2 heterocycles. The molecule has 0 aliphatic carbocycles. The Morgan fingerprint density at radius 3 is 2.50 bits per heavy atom. The summed E-state index contributed by atoms with van der Waals surface area (Å²) in [6, 6.07) is 17.0. The molecule has 6 nitrogen and oxygen atoms in total. The molecule has 6 heteroatoms. The number of ether oxygens (including phenoxy) is 1. The van der Waals surface area contributed by atoms with Gasteiger partial charge >= 0.3 is 5.63 Å². The average molecular weight is 378 g/mol. The van der Waals surface area contributed by atoms with Crippen molar-refractivity contribution in [1.29, 1.82) is 0 Å². The predicted molar refractivity (Wildman–Crippen MR) is 107 cm³/mol. The molecule has 1 fully saturated rings. The summed E-state index contributed by atoms with van der Waals surface area (Å²) in [5, 5.41) is 0.671. The maximum atomic E-state index is 12.9. The van der Waals surface area contributed by atoms with Crippen molar-refractivity contribution in [3.63, 3.8) is 0 Å². The molecule has 0 unspecified atom stereocenters. The summed E-state index contributed by atoms with van der Waals surface area (Å²) in [6.07, 6.45) is 0. The zero-order valence-corrected chi connectivity index (χ0v) is 15.8. The Morgan fingerprint density at radius 2 is 1.79 bits per heavy atom. The Hall–Kier alpha value is -3.12. The van der Waals surface area contributed by atoms with Gasteiger partial charge in [-0.1, -0.05) is 30.3 Å². The first-order chi connectivity index (χ1) is 13.6. The molecule has 0 bridgehead atoms. The number of fused-ring (bicyclic) bond motifs is 1. The van der Waals surface area contributed by atoms with E-state index in [1.54, 1.807) is 36.3 Å². The van der Waals surface area contributed by atoms with Gasteiger partial charge < -0.3 is 14.1 Å². The largest absolute Gasteiger partial charge is 0.497 e. The van der Waals surface area contributed by atoms with Crippen LogP contribution in [0.15, 0.2) is 63.8 Å². The minimum absolute atomic E-state index is 0.0669. The third kappa shape index (κ3) is 3.77. The maximum absolute atomic E-state index is 12.9. The van der Waals surface area contributed by atoms with Crippen molar-refractivity contribution in [2.45, 2.75) is 6.54 Å². The third-order valence-electron chi connectivity index (χ3n) is 5.08. The lowest BCUT2D eigenvalue weighted by molar-refractivity contribution is 0.0624. The molecule has 2 aromatic carbocycles. The number of carbonyl (C=O) groups excluding carboxylic acids is 1. The van der Waals surface area contributed by atoms with Gasteiger partial charge in [-0.15, -0.1) is 0 Å². The lowest BCUT2D eigenvalue weighted by Gasteiger charge is -2.34. The van der Waals surface area contributed by atoms with Gasteiger partial charge in [-0.05, 0) is 29.8 Å². The molecule has 1 saturated heterocycles. The quantitative estimate of drug-likeness (QED) is 0.654. The topological polar surface area (TPSA) is 63.0 Å². The van der Waals surface area contributed by atoms with E-state index in [-0.39, 0.29) is 11.5 Å². The number of rotatable bonds is 4. The fraction of sp³-hybridized carbons (Fsp3) is 0.273. The summed E-state index contributed by atoms with van der Waals surface area (Å²) in [7, 11) is 1.57. The van der Waals surface area contributed by atoms with Crippen LogP contribution >= 0.6 is 0 Å². The first-order valence-electron chi connectivity index (χ1n) is 9.31. The highest BCUT2D eigenvalue weighted by atomic mass is 16.5. The molecule has 0 spiro atoms. The lowest BCUT2D eigenvalue weighted by Crippen LogP contribution is -2.49. The first kappa shape index (κ1) is 18.3. The van der Waals surface area contributed by atoms with Gasteiger partial charge in [0.05, 0.1) is 7.11 Å². The number of hydrogen-bond acceptors (Lipinski definition) is 5. The van der Waals surface area contributed by atoms with Crippen molar-refractivity contribution in [3.05, 3.63) is 76.1 Å². The van der Waals surface area contributed by atoms with Crippen LogP contribution < -0.4 is 10.4 Å². The summed E-state index contributed by atoms with van der Waals surface area (Å²) < 4.78 is 10.5. The van der Waals surface area contributed by atoms with Gasteiger partial charge in [-0.2, -0.15) is 0 Å². The van der Waals surface area contributed by atoms with Crippen LogP contribution in [0.5, 0.6) is 5.75 Å². The SMILES string of the molecule is COc1ccc2oc(=O)c(C(=O)N3CCN(Cc4ccccc4)CC3)cc2c1. The molecular weight excluding hydrogens is 356 g/mol. The van der Waals surface area contributed by atoms with Gasteiger partial charge in [-0.25, -0.2) is 4.79 Å². The standard InChI is InChI=1S/C22H22N2O4/c1-27-18-7-8-20-17(13-18)14-19(22(26)28-20)21(25)24-11-9-23(10-12-24)15-16-5-3-2-4-6-16/h2-8,13-14H,9-12,15H2,1H3. The zero-order valence-electron chi connectivity index (χ0n) is 15.8. The molecule has 144 valence electrons. The summed E-state index contributed by atoms with van der Waals surface area (Å²) in [4.78, 5) is 29.3. The van der Waals surface area contributed by atoms with E-state index in [1.165, 1.54) is 5.56 Å². The van der Waals surface area contributed by atoms with Crippen LogP contribution in [-0.2, 0) is 6.54 Å². The zero-order chi connectivity index (χ0) is 19.5. The second-order valence-electron chi connectivity index (χ2n) is 6.91. The normalized spacial score (nSPS) is 15.0. The highest BCUT2D eigenvalue weighted by Gasteiger charge is 2.25. The van der Waals surface area contributed by atoms with Crippen LogP contribution in [0.25, 0.3) is 11.0 Å². The Morgan fingerprint density at radius 1 is 1.04 bits per heavy atom. The van der Waals surface area contributed by atoms with Crippen molar-refractivity contribution in [3.8, 4) is 5.75 Å². The summed E-state index contributed by atoms with van der Waals surface area (Å²) >= 11 is 0. The fourth-order valence-electron chi connectivity index (χ4n) is 3.50. The maximum Gasteiger partial charge on any atom is 0.349 e. The molecule has 1 aliphatic rings. The van der Waals surface area contributed by atoms with Crippen molar-refractivity contribution >= 4 is 16.9 Å². The van der Waals surface area contributed by atoms with E-state index in [4.69, 9.17) is 9.15 Å². The van der Waals surface area contributed by atoms with Crippen LogP contribution in [0, 0.1) is 0 Å². The van der Waals surface area contributed by atoms with Gasteiger partial charge in [-0.3, -0.25) is 9.69 Å². The number of carbonyl (C=O) groups is 1. The van der Waals surface area contributed by atoms with E-state index < -0.39 is 5.63 Å². The number of amides is 1. The number of hydrogen-bond donors (Lipinski definition) is 0. The highest BCUT2D eigenvalue weighted by molar-refractivity contribution is 5.96. The average Bonchev–Trinajstić information content (AvgIpc) is 2.74. The number of methoxy groups -OCH3 is 1. The molecule has 1 aromatic heterocycles. The minimum Gasteiger partial charge on any atom is -0.497 e. The first-order valence-corrected chi connectivity index (χ1v) is 9.31. The van der Waals surface area contributed by atoms with E-state index in [2.05, 4.69) is 17.0 Å². The minimum atomic E-state index is -0.602. The predicted octanol–water partition coefficient (Wildman–Crippen LogP) is 2.76. The van der Waals surface area contributed by atoms with E-state index in [0.717, 1.165) is 19.6 Å². The van der Waals surface area contributed by atoms with Crippen LogP contribution in [0.2, 0.25) is 0 Å². The monoisotopic (exact) mass is 378 g/mol. The van der Waals surface area contributed by atoms with Crippen LogP contribution in [-0.4, -0.2) is 49.0 Å². The van der Waals surface area contributed by atoms with Gasteiger partial charge in [0.15, 0.2) is 0 Å². The van der Waals surface area contributed by atoms with Crippen molar-refractivity contribution in [2.24, 2.45) is 0 Å². The van der Waals surface area contributed by atoms with Gasteiger partial charge in [0.2, 0.25) is 0 Å². The lowest BCUT2D eigenvalue weighted by atomic mass is 10.1. The van der Waals surface area contributed by atoms with Crippen molar-refractivity contribution < 1.29 is 13.9 Å². The highest BCUT2D eigenvalue weighted by Crippen LogP contribution is 2.21. The molecule has 0 saturated carbocycles.